The van der Waals surface area contributed by atoms with Crippen molar-refractivity contribution in [3.63, 3.8) is 0 Å². The van der Waals surface area contributed by atoms with E-state index in [2.05, 4.69) is 26.0 Å². The van der Waals surface area contributed by atoms with Gasteiger partial charge in [-0.05, 0) is 38.5 Å². The zero-order valence-corrected chi connectivity index (χ0v) is 37.2. The minimum atomic E-state index is -4.60. The first-order chi connectivity index (χ1) is 28.0. The van der Waals surface area contributed by atoms with Crippen LogP contribution < -0.4 is 0 Å². The van der Waals surface area contributed by atoms with Gasteiger partial charge in [0.25, 0.3) is 10.1 Å². The Morgan fingerprint density at radius 1 is 0.569 bits per heavy atom. The van der Waals surface area contributed by atoms with Gasteiger partial charge in [0.2, 0.25) is 0 Å². The van der Waals surface area contributed by atoms with Crippen LogP contribution in [0.2, 0.25) is 0 Å². The molecule has 0 spiro atoms. The van der Waals surface area contributed by atoms with Gasteiger partial charge in [-0.1, -0.05) is 167 Å². The second-order valence-electron chi connectivity index (χ2n) is 16.4. The number of aliphatic hydroxyl groups is 3. The molecule has 1 heterocycles. The molecule has 6 atom stereocenters. The van der Waals surface area contributed by atoms with Crippen LogP contribution in [-0.2, 0) is 38.7 Å². The van der Waals surface area contributed by atoms with Crippen molar-refractivity contribution in [2.75, 3.05) is 19.0 Å². The molecule has 0 radical (unpaired) electrons. The summed E-state index contributed by atoms with van der Waals surface area (Å²) in [4.78, 5) is 25.4. The lowest BCUT2D eigenvalue weighted by atomic mass is 10.00. The largest absolute Gasteiger partial charge is 0.462 e. The van der Waals surface area contributed by atoms with Gasteiger partial charge < -0.3 is 34.3 Å². The van der Waals surface area contributed by atoms with E-state index in [1.165, 1.54) is 109 Å². The number of ether oxygens (including phenoxy) is 4. The number of hydrogen-bond acceptors (Lipinski definition) is 11. The number of esters is 2. The lowest BCUT2D eigenvalue weighted by Gasteiger charge is -2.40. The fourth-order valence-electron chi connectivity index (χ4n) is 7.20. The summed E-state index contributed by atoms with van der Waals surface area (Å²) >= 11 is 0. The Hall–Kier alpha value is -1.61. The summed E-state index contributed by atoms with van der Waals surface area (Å²) < 4.78 is 54.0. The van der Waals surface area contributed by atoms with E-state index in [1.54, 1.807) is 0 Å². The molecule has 0 saturated carbocycles. The molecular formula is C45H84O12S. The van der Waals surface area contributed by atoms with Crippen molar-refractivity contribution in [1.29, 1.82) is 0 Å². The van der Waals surface area contributed by atoms with Crippen molar-refractivity contribution < 1.29 is 56.8 Å². The third kappa shape index (κ3) is 30.4. The molecule has 342 valence electrons. The number of allylic oxidation sites excluding steroid dienone is 2. The molecule has 4 N–H and O–H groups in total. The maximum atomic E-state index is 12.8. The molecule has 1 saturated heterocycles. The van der Waals surface area contributed by atoms with Crippen LogP contribution >= 0.6 is 0 Å². The molecule has 1 fully saturated rings. The molecule has 1 aliphatic heterocycles. The zero-order valence-electron chi connectivity index (χ0n) is 36.4. The Bertz CT molecular complexity index is 1130. The lowest BCUT2D eigenvalue weighted by molar-refractivity contribution is -0.297. The molecule has 12 nitrogen and oxygen atoms in total. The van der Waals surface area contributed by atoms with Crippen LogP contribution in [0.3, 0.4) is 0 Å². The molecule has 0 bridgehead atoms. The number of aliphatic hydroxyl groups excluding tert-OH is 3. The van der Waals surface area contributed by atoms with Crippen LogP contribution in [-0.4, -0.2) is 96.0 Å². The predicted molar refractivity (Wildman–Crippen MR) is 229 cm³/mol. The van der Waals surface area contributed by atoms with Gasteiger partial charge in [0.1, 0.15) is 36.8 Å². The average molecular weight is 849 g/mol. The Morgan fingerprint density at radius 2 is 0.983 bits per heavy atom. The summed E-state index contributed by atoms with van der Waals surface area (Å²) in [7, 11) is -4.60. The average Bonchev–Trinajstić information content (AvgIpc) is 3.18. The smallest absolute Gasteiger partial charge is 0.306 e. The summed E-state index contributed by atoms with van der Waals surface area (Å²) in [5.41, 5.74) is 0. The third-order valence-corrected chi connectivity index (χ3v) is 11.6. The molecule has 0 aromatic rings. The van der Waals surface area contributed by atoms with Crippen LogP contribution in [0.5, 0.6) is 0 Å². The summed E-state index contributed by atoms with van der Waals surface area (Å²) in [6.45, 7) is 3.75. The first-order valence-corrected chi connectivity index (χ1v) is 24.9. The molecular weight excluding hydrogens is 765 g/mol. The van der Waals surface area contributed by atoms with Gasteiger partial charge in [-0.3, -0.25) is 14.1 Å². The van der Waals surface area contributed by atoms with Gasteiger partial charge in [-0.25, -0.2) is 0 Å². The van der Waals surface area contributed by atoms with Gasteiger partial charge in [0, 0.05) is 12.8 Å². The molecule has 0 aromatic carbocycles. The molecule has 1 rings (SSSR count). The highest BCUT2D eigenvalue weighted by atomic mass is 32.2. The summed E-state index contributed by atoms with van der Waals surface area (Å²) in [5, 5.41) is 30.9. The van der Waals surface area contributed by atoms with E-state index >= 15 is 0 Å². The zero-order chi connectivity index (χ0) is 42.7. The molecule has 0 amide bonds. The minimum absolute atomic E-state index is 0.158. The van der Waals surface area contributed by atoms with Crippen LogP contribution in [0.1, 0.15) is 206 Å². The summed E-state index contributed by atoms with van der Waals surface area (Å²) in [6, 6.07) is 0. The quantitative estimate of drug-likeness (QED) is 0.0199. The van der Waals surface area contributed by atoms with Crippen molar-refractivity contribution in [2.45, 2.75) is 243 Å². The molecule has 0 aliphatic carbocycles. The topological polar surface area (TPSA) is 186 Å². The first-order valence-electron chi connectivity index (χ1n) is 23.2. The van der Waals surface area contributed by atoms with Gasteiger partial charge in [-0.2, -0.15) is 8.42 Å². The third-order valence-electron chi connectivity index (χ3n) is 10.8. The van der Waals surface area contributed by atoms with Crippen LogP contribution in [0.4, 0.5) is 0 Å². The van der Waals surface area contributed by atoms with E-state index in [-0.39, 0.29) is 19.4 Å². The number of hydrogen-bond donors (Lipinski definition) is 4. The summed E-state index contributed by atoms with van der Waals surface area (Å²) in [6.07, 6.45) is 28.3. The fraction of sp³-hybridized carbons (Fsp3) is 0.911. The van der Waals surface area contributed by atoms with Gasteiger partial charge >= 0.3 is 11.9 Å². The van der Waals surface area contributed by atoms with E-state index < -0.39 is 71.2 Å². The summed E-state index contributed by atoms with van der Waals surface area (Å²) in [5.74, 6) is -1.98. The predicted octanol–water partition coefficient (Wildman–Crippen LogP) is 9.45. The monoisotopic (exact) mass is 849 g/mol. The van der Waals surface area contributed by atoms with Crippen LogP contribution in [0.25, 0.3) is 0 Å². The number of unbranched alkanes of at least 4 members (excludes halogenated alkanes) is 25. The van der Waals surface area contributed by atoms with E-state index in [1.807, 2.05) is 0 Å². The number of rotatable bonds is 39. The molecule has 0 aromatic heterocycles. The molecule has 13 heteroatoms. The maximum Gasteiger partial charge on any atom is 0.306 e. The van der Waals surface area contributed by atoms with Crippen molar-refractivity contribution >= 4 is 22.1 Å². The molecule has 1 aliphatic rings. The van der Waals surface area contributed by atoms with Gasteiger partial charge in [-0.15, -0.1) is 0 Å². The van der Waals surface area contributed by atoms with E-state index in [4.69, 9.17) is 18.9 Å². The SMILES string of the molecule is CCCCCC/C=C\CCCCCCCC(=O)OC(COC(=O)CCCCCCCCCCCCCCCCCCC)COC1OC(CS(=O)(=O)O)C(O)C(O)C1O. The van der Waals surface area contributed by atoms with Crippen molar-refractivity contribution in [2.24, 2.45) is 0 Å². The Labute approximate surface area is 352 Å². The second-order valence-corrected chi connectivity index (χ2v) is 17.9. The van der Waals surface area contributed by atoms with E-state index in [0.29, 0.717) is 12.8 Å². The highest BCUT2D eigenvalue weighted by molar-refractivity contribution is 7.85. The lowest BCUT2D eigenvalue weighted by Crippen LogP contribution is -2.60. The molecule has 58 heavy (non-hydrogen) atoms. The van der Waals surface area contributed by atoms with Crippen molar-refractivity contribution in [3.8, 4) is 0 Å². The first kappa shape index (κ1) is 54.4. The highest BCUT2D eigenvalue weighted by Crippen LogP contribution is 2.24. The van der Waals surface area contributed by atoms with Crippen LogP contribution in [0, 0.1) is 0 Å². The Kier molecular flexibility index (Phi) is 33.8. The highest BCUT2D eigenvalue weighted by Gasteiger charge is 2.46. The maximum absolute atomic E-state index is 12.8. The van der Waals surface area contributed by atoms with E-state index in [0.717, 1.165) is 57.8 Å². The number of carbonyl (C=O) groups is 2. The van der Waals surface area contributed by atoms with Crippen molar-refractivity contribution in [1.82, 2.24) is 0 Å². The van der Waals surface area contributed by atoms with Crippen LogP contribution in [0.15, 0.2) is 12.2 Å². The minimum Gasteiger partial charge on any atom is -0.462 e. The Balaban J connectivity index is 2.41. The number of carbonyl (C=O) groups excluding carboxylic acids is 2. The standard InChI is InChI=1S/C45H84O12S/c1-3-5-7-9-11-13-15-17-18-19-20-22-23-25-27-29-31-33-40(46)54-35-38(36-55-45-44(50)43(49)42(48)39(57-45)37-58(51,52)53)56-41(47)34-32-30-28-26-24-21-16-14-12-10-8-6-4-2/h14,16,38-39,42-45,48-50H,3-13,15,17-37H2,1-2H3,(H,51,52,53)/b16-14-. The Morgan fingerprint density at radius 3 is 1.45 bits per heavy atom. The fourth-order valence-corrected chi connectivity index (χ4v) is 7.89. The molecule has 6 unspecified atom stereocenters. The van der Waals surface area contributed by atoms with E-state index in [9.17, 15) is 37.9 Å². The van der Waals surface area contributed by atoms with Crippen molar-refractivity contribution in [3.05, 3.63) is 12.2 Å². The van der Waals surface area contributed by atoms with Gasteiger partial charge in [0.15, 0.2) is 12.4 Å². The normalized spacial score (nSPS) is 20.4. The second kappa shape index (κ2) is 36.1. The van der Waals surface area contributed by atoms with Gasteiger partial charge in [0.05, 0.1) is 6.61 Å².